The molecule has 0 fully saturated rings. The molecule has 0 spiro atoms. The molecule has 0 aliphatic heterocycles. The molecule has 0 unspecified atom stereocenters. The van der Waals surface area contributed by atoms with Crippen molar-refractivity contribution in [2.45, 2.75) is 38.0 Å². The van der Waals surface area contributed by atoms with Gasteiger partial charge in [0.25, 0.3) is 0 Å². The van der Waals surface area contributed by atoms with Crippen molar-refractivity contribution in [2.24, 2.45) is 0 Å². The lowest BCUT2D eigenvalue weighted by atomic mass is 9.78. The Labute approximate surface area is 188 Å². The zero-order valence-corrected chi connectivity index (χ0v) is 18.1. The molecule has 1 heterocycles. The summed E-state index contributed by atoms with van der Waals surface area (Å²) >= 11 is 0. The van der Waals surface area contributed by atoms with Gasteiger partial charge in [0.1, 0.15) is 18.5 Å². The third-order valence-electron chi connectivity index (χ3n) is 5.64. The third-order valence-corrected chi connectivity index (χ3v) is 5.64. The predicted molar refractivity (Wildman–Crippen MR) is 115 cm³/mol. The molecule has 0 bridgehead atoms. The maximum atomic E-state index is 13.9. The molecule has 1 atom stereocenters. The summed E-state index contributed by atoms with van der Waals surface area (Å²) in [6.45, 7) is 6.75. The Balaban J connectivity index is 2.24. The second-order valence-electron chi connectivity index (χ2n) is 8.27. The first-order valence-electron chi connectivity index (χ1n) is 10.1. The van der Waals surface area contributed by atoms with Crippen LogP contribution < -0.4 is 0 Å². The fraction of sp³-hybridized carbons (Fsp3) is 0.333. The number of aromatic nitrogens is 1. The minimum absolute atomic E-state index is 0.0858. The molecule has 3 N–H and O–H groups in total. The van der Waals surface area contributed by atoms with Gasteiger partial charge in [-0.25, -0.2) is 0 Å². The van der Waals surface area contributed by atoms with Crippen molar-refractivity contribution in [1.29, 1.82) is 5.26 Å². The number of nitrogens with zero attached hydrogens (tertiary/aromatic N) is 1. The number of carbonyl (C=O) groups is 1. The number of nitriles is 1. The lowest BCUT2D eigenvalue weighted by Crippen LogP contribution is -2.24. The zero-order chi connectivity index (χ0) is 24.6. The molecule has 6 nitrogen and oxygen atoms in total. The van der Waals surface area contributed by atoms with Gasteiger partial charge >= 0.3 is 6.18 Å². The molecule has 9 heteroatoms. The number of ether oxygens (including phenoxy) is 1. The van der Waals surface area contributed by atoms with Gasteiger partial charge in [-0.3, -0.25) is 4.79 Å². The minimum Gasteiger partial charge on any atom is -0.491 e. The maximum Gasteiger partial charge on any atom is 0.419 e. The average molecular weight is 460 g/mol. The smallest absolute Gasteiger partial charge is 0.419 e. The van der Waals surface area contributed by atoms with Crippen LogP contribution >= 0.6 is 0 Å². The number of hydrogen-bond acceptors (Lipinski definition) is 5. The number of nitrogens with one attached hydrogen (secondary N) is 1. The van der Waals surface area contributed by atoms with Crippen LogP contribution in [0, 0.1) is 11.3 Å². The Morgan fingerprint density at radius 2 is 2.06 bits per heavy atom. The van der Waals surface area contributed by atoms with Crippen LogP contribution in [0.1, 0.15) is 47.4 Å². The van der Waals surface area contributed by atoms with E-state index in [1.165, 1.54) is 18.2 Å². The van der Waals surface area contributed by atoms with Gasteiger partial charge in [-0.05, 0) is 23.8 Å². The zero-order valence-electron chi connectivity index (χ0n) is 18.1. The first-order valence-corrected chi connectivity index (χ1v) is 10.1. The number of aromatic amines is 1. The topological polar surface area (TPSA) is 106 Å². The fourth-order valence-corrected chi connectivity index (χ4v) is 3.69. The van der Waals surface area contributed by atoms with Crippen LogP contribution in [-0.2, 0) is 16.3 Å². The van der Waals surface area contributed by atoms with Gasteiger partial charge in [0.2, 0.25) is 0 Å². The van der Waals surface area contributed by atoms with Crippen LogP contribution in [-0.4, -0.2) is 40.3 Å². The Hall–Kier alpha value is -3.35. The van der Waals surface area contributed by atoms with E-state index in [0.29, 0.717) is 5.57 Å². The molecule has 0 saturated heterocycles. The van der Waals surface area contributed by atoms with Crippen LogP contribution in [0.25, 0.3) is 10.9 Å². The first kappa shape index (κ1) is 24.3. The molecule has 1 aliphatic rings. The van der Waals surface area contributed by atoms with E-state index in [9.17, 15) is 28.3 Å². The molecule has 1 aromatic heterocycles. The summed E-state index contributed by atoms with van der Waals surface area (Å²) in [6.07, 6.45) is -1.45. The van der Waals surface area contributed by atoms with Gasteiger partial charge < -0.3 is 19.9 Å². The number of Topliss-reactive ketones (excluding diaryl/α,β-unsaturated/α-hetero) is 1. The molecule has 2 aromatic rings. The van der Waals surface area contributed by atoms with Crippen molar-refractivity contribution in [2.75, 3.05) is 13.2 Å². The van der Waals surface area contributed by atoms with Crippen molar-refractivity contribution in [1.82, 2.24) is 4.98 Å². The highest BCUT2D eigenvalue weighted by Gasteiger charge is 2.39. The van der Waals surface area contributed by atoms with Gasteiger partial charge in [0.05, 0.1) is 29.3 Å². The van der Waals surface area contributed by atoms with Crippen LogP contribution in [0.2, 0.25) is 0 Å². The third kappa shape index (κ3) is 4.58. The Kier molecular flexibility index (Phi) is 6.54. The van der Waals surface area contributed by atoms with Crippen molar-refractivity contribution in [3.05, 3.63) is 70.7 Å². The summed E-state index contributed by atoms with van der Waals surface area (Å²) in [5.74, 6) is -0.140. The highest BCUT2D eigenvalue weighted by atomic mass is 19.4. The molecular formula is C24H23F3N2O4. The standard InChI is InChI=1S/C24H23F3N2O4/c1-13-9-16(33-12-15(31)11-30)5-4-6-18(32)19-17-8-7-14(10-28)20(24(25,26)27)21(17)29-22(19)23(13,2)3/h4-5,7-9,15,29-31H,1,6,11-12H2,2-3H3/b5-4-,16-9+/t15-/m1/s1. The highest BCUT2D eigenvalue weighted by Crippen LogP contribution is 2.43. The van der Waals surface area contributed by atoms with Crippen molar-refractivity contribution < 1.29 is 32.9 Å². The fourth-order valence-electron chi connectivity index (χ4n) is 3.69. The molecular weight excluding hydrogens is 437 g/mol. The van der Waals surface area contributed by atoms with Gasteiger partial charge in [-0.1, -0.05) is 32.6 Å². The Morgan fingerprint density at radius 1 is 1.36 bits per heavy atom. The van der Waals surface area contributed by atoms with E-state index < -0.39 is 41.2 Å². The summed E-state index contributed by atoms with van der Waals surface area (Å²) in [6, 6.07) is 4.00. The summed E-state index contributed by atoms with van der Waals surface area (Å²) < 4.78 is 47.1. The van der Waals surface area contributed by atoms with Crippen LogP contribution in [0.4, 0.5) is 13.2 Å². The lowest BCUT2D eigenvalue weighted by molar-refractivity contribution is -0.136. The largest absolute Gasteiger partial charge is 0.491 e. The molecule has 3 rings (SSSR count). The van der Waals surface area contributed by atoms with E-state index >= 15 is 0 Å². The number of fused-ring (bicyclic) bond motifs is 3. The van der Waals surface area contributed by atoms with Crippen molar-refractivity contribution in [3.63, 3.8) is 0 Å². The number of carbonyl (C=O) groups excluding carboxylic acids is 1. The Bertz CT molecular complexity index is 1210. The number of alkyl halides is 3. The normalized spacial score (nSPS) is 19.9. The summed E-state index contributed by atoms with van der Waals surface area (Å²) in [7, 11) is 0. The SMILES string of the molecule is C=C1/C=C(OC[C@H](O)CO)\C=C/CC(=O)c2c([nH]c3c(C(F)(F)F)c(C#N)ccc23)C1(C)C. The van der Waals surface area contributed by atoms with Crippen LogP contribution in [0.5, 0.6) is 0 Å². The van der Waals surface area contributed by atoms with Crippen molar-refractivity contribution >= 4 is 16.7 Å². The molecule has 174 valence electrons. The molecule has 1 aromatic carbocycles. The molecule has 0 saturated carbocycles. The van der Waals surface area contributed by atoms with Crippen molar-refractivity contribution in [3.8, 4) is 6.07 Å². The maximum absolute atomic E-state index is 13.9. The number of benzene rings is 1. The van der Waals surface area contributed by atoms with E-state index in [0.717, 1.165) is 6.07 Å². The summed E-state index contributed by atoms with van der Waals surface area (Å²) in [4.78, 5) is 15.9. The molecule has 1 aliphatic carbocycles. The van der Waals surface area contributed by atoms with Gasteiger partial charge in [-0.2, -0.15) is 18.4 Å². The number of aliphatic hydroxyl groups excluding tert-OH is 2. The Morgan fingerprint density at radius 3 is 2.67 bits per heavy atom. The van der Waals surface area contributed by atoms with E-state index in [1.54, 1.807) is 26.0 Å². The number of ketones is 1. The number of rotatable bonds is 4. The first-order chi connectivity index (χ1) is 15.4. The van der Waals surface area contributed by atoms with Crippen LogP contribution in [0.15, 0.2) is 48.3 Å². The quantitative estimate of drug-likeness (QED) is 0.631. The molecule has 33 heavy (non-hydrogen) atoms. The van der Waals surface area contributed by atoms with Gasteiger partial charge in [0, 0.05) is 28.5 Å². The second-order valence-corrected chi connectivity index (χ2v) is 8.27. The number of allylic oxidation sites excluding steroid dienone is 4. The van der Waals surface area contributed by atoms with E-state index in [-0.39, 0.29) is 40.9 Å². The molecule has 0 amide bonds. The summed E-state index contributed by atoms with van der Waals surface area (Å²) in [5.41, 5.74) is -2.21. The number of aliphatic hydroxyl groups is 2. The van der Waals surface area contributed by atoms with E-state index in [1.807, 2.05) is 0 Å². The number of H-pyrrole nitrogens is 1. The van der Waals surface area contributed by atoms with E-state index in [2.05, 4.69) is 11.6 Å². The van der Waals surface area contributed by atoms with E-state index in [4.69, 9.17) is 9.84 Å². The number of hydrogen-bond donors (Lipinski definition) is 3. The highest BCUT2D eigenvalue weighted by molar-refractivity contribution is 6.11. The van der Waals surface area contributed by atoms with Gasteiger partial charge in [-0.15, -0.1) is 0 Å². The monoisotopic (exact) mass is 460 g/mol. The second kappa shape index (κ2) is 8.89. The average Bonchev–Trinajstić information content (AvgIpc) is 3.14. The molecule has 0 radical (unpaired) electrons. The van der Waals surface area contributed by atoms with Gasteiger partial charge in [0.15, 0.2) is 5.78 Å². The predicted octanol–water partition coefficient (Wildman–Crippen LogP) is 4.29. The van der Waals surface area contributed by atoms with Crippen LogP contribution in [0.3, 0.4) is 0 Å². The minimum atomic E-state index is -4.81. The lowest BCUT2D eigenvalue weighted by Gasteiger charge is -2.27. The number of halogens is 3. The summed E-state index contributed by atoms with van der Waals surface area (Å²) in [5, 5.41) is 27.8.